The Kier molecular flexibility index (Phi) is 4.57. The first-order chi connectivity index (χ1) is 11.2. The zero-order chi connectivity index (χ0) is 16.1. The van der Waals surface area contributed by atoms with Crippen molar-refractivity contribution in [1.82, 2.24) is 10.5 Å². The summed E-state index contributed by atoms with van der Waals surface area (Å²) in [6.07, 6.45) is 0.196. The molecule has 5 nitrogen and oxygen atoms in total. The summed E-state index contributed by atoms with van der Waals surface area (Å²) in [4.78, 5) is 12.0. The number of aryl methyl sites for hydroxylation is 1. The van der Waals surface area contributed by atoms with Gasteiger partial charge in [0, 0.05) is 5.39 Å². The van der Waals surface area contributed by atoms with Gasteiger partial charge in [0.1, 0.15) is 18.1 Å². The number of hydrogen-bond acceptors (Lipinski definition) is 4. The highest BCUT2D eigenvalue weighted by atomic mass is 16.5. The van der Waals surface area contributed by atoms with Crippen LogP contribution in [-0.2, 0) is 11.2 Å². The molecule has 2 aromatic carbocycles. The maximum atomic E-state index is 12.0. The topological polar surface area (TPSA) is 64.4 Å². The minimum atomic E-state index is -0.0996. The maximum Gasteiger partial charge on any atom is 0.226 e. The average Bonchev–Trinajstić information content (AvgIpc) is 2.96. The molecule has 0 saturated carbocycles. The Labute approximate surface area is 134 Å². The highest BCUT2D eigenvalue weighted by Crippen LogP contribution is 2.18. The number of carbonyl (C=O) groups excluding carboxylic acids is 1. The van der Waals surface area contributed by atoms with E-state index < -0.39 is 0 Å². The molecule has 1 heterocycles. The molecule has 0 aliphatic carbocycles. The number of carbonyl (C=O) groups is 1. The fourth-order valence-electron chi connectivity index (χ4n) is 2.35. The van der Waals surface area contributed by atoms with Crippen LogP contribution in [0.1, 0.15) is 11.3 Å². The van der Waals surface area contributed by atoms with E-state index in [1.54, 1.807) is 0 Å². The second-order valence-electron chi connectivity index (χ2n) is 5.27. The molecular formula is C18H18N2O3. The van der Waals surface area contributed by atoms with Crippen molar-refractivity contribution in [3.63, 3.8) is 0 Å². The van der Waals surface area contributed by atoms with Crippen LogP contribution in [0.25, 0.3) is 11.0 Å². The van der Waals surface area contributed by atoms with Gasteiger partial charge in [-0.25, -0.2) is 0 Å². The van der Waals surface area contributed by atoms with Gasteiger partial charge in [-0.3, -0.25) is 4.79 Å². The number of amides is 1. The Hall–Kier alpha value is -2.82. The zero-order valence-corrected chi connectivity index (χ0v) is 12.9. The first-order valence-corrected chi connectivity index (χ1v) is 7.52. The van der Waals surface area contributed by atoms with Gasteiger partial charge >= 0.3 is 0 Å². The van der Waals surface area contributed by atoms with Crippen molar-refractivity contribution in [2.24, 2.45) is 0 Å². The van der Waals surface area contributed by atoms with Gasteiger partial charge in [0.15, 0.2) is 5.58 Å². The lowest BCUT2D eigenvalue weighted by Gasteiger charge is -2.09. The molecule has 1 amide bonds. The lowest BCUT2D eigenvalue weighted by atomic mass is 10.1. The molecule has 0 radical (unpaired) electrons. The number of rotatable bonds is 6. The normalized spacial score (nSPS) is 10.7. The van der Waals surface area contributed by atoms with Crippen molar-refractivity contribution in [1.29, 1.82) is 0 Å². The van der Waals surface area contributed by atoms with Crippen molar-refractivity contribution in [2.45, 2.75) is 13.3 Å². The van der Waals surface area contributed by atoms with Crippen LogP contribution in [0.4, 0.5) is 0 Å². The predicted octanol–water partition coefficient (Wildman–Crippen LogP) is 2.87. The molecular weight excluding hydrogens is 292 g/mol. The molecule has 0 aliphatic rings. The molecule has 3 rings (SSSR count). The fraction of sp³-hybridized carbons (Fsp3) is 0.222. The van der Waals surface area contributed by atoms with Crippen LogP contribution in [0, 0.1) is 6.92 Å². The lowest BCUT2D eigenvalue weighted by molar-refractivity contribution is -0.120. The van der Waals surface area contributed by atoms with Gasteiger partial charge in [-0.15, -0.1) is 0 Å². The predicted molar refractivity (Wildman–Crippen MR) is 87.4 cm³/mol. The molecule has 0 spiro atoms. The molecule has 0 bridgehead atoms. The summed E-state index contributed by atoms with van der Waals surface area (Å²) in [5.41, 5.74) is 2.42. The van der Waals surface area contributed by atoms with E-state index in [4.69, 9.17) is 9.26 Å². The molecule has 0 fully saturated rings. The number of aromatic nitrogens is 1. The molecule has 0 atom stereocenters. The largest absolute Gasteiger partial charge is 0.491 e. The third-order valence-corrected chi connectivity index (χ3v) is 3.56. The quantitative estimate of drug-likeness (QED) is 0.711. The summed E-state index contributed by atoms with van der Waals surface area (Å²) in [6.45, 7) is 2.86. The second kappa shape index (κ2) is 6.96. The van der Waals surface area contributed by atoms with Gasteiger partial charge < -0.3 is 14.6 Å². The third-order valence-electron chi connectivity index (χ3n) is 3.56. The summed E-state index contributed by atoms with van der Waals surface area (Å²) in [5, 5.41) is 7.66. The molecule has 5 heteroatoms. The molecule has 0 aliphatic heterocycles. The van der Waals surface area contributed by atoms with Crippen molar-refractivity contribution >= 4 is 16.9 Å². The molecule has 0 unspecified atom stereocenters. The van der Waals surface area contributed by atoms with E-state index in [1.165, 1.54) is 0 Å². The Bertz CT molecular complexity index is 811. The summed E-state index contributed by atoms with van der Waals surface area (Å²) < 4.78 is 10.8. The minimum absolute atomic E-state index is 0.0996. The Morgan fingerprint density at radius 2 is 1.96 bits per heavy atom. The number of fused-ring (bicyclic) bond motifs is 1. The van der Waals surface area contributed by atoms with Crippen LogP contribution >= 0.6 is 0 Å². The molecule has 1 N–H and O–H groups in total. The number of benzene rings is 2. The van der Waals surface area contributed by atoms with Crippen LogP contribution in [0.5, 0.6) is 5.75 Å². The summed E-state index contributed by atoms with van der Waals surface area (Å²) in [5.74, 6) is 0.738. The minimum Gasteiger partial charge on any atom is -0.491 e. The van der Waals surface area contributed by atoms with E-state index in [2.05, 4.69) is 10.5 Å². The summed E-state index contributed by atoms with van der Waals surface area (Å²) >= 11 is 0. The van der Waals surface area contributed by atoms with E-state index in [-0.39, 0.29) is 12.3 Å². The summed E-state index contributed by atoms with van der Waals surface area (Å²) in [6, 6.07) is 15.3. The smallest absolute Gasteiger partial charge is 0.226 e. The van der Waals surface area contributed by atoms with E-state index in [0.717, 1.165) is 16.7 Å². The fourth-order valence-corrected chi connectivity index (χ4v) is 2.35. The number of nitrogens with zero attached hydrogens (tertiary/aromatic N) is 1. The Balaban J connectivity index is 1.48. The zero-order valence-electron chi connectivity index (χ0n) is 12.9. The van der Waals surface area contributed by atoms with Gasteiger partial charge in [-0.05, 0) is 30.7 Å². The Morgan fingerprint density at radius 3 is 2.83 bits per heavy atom. The van der Waals surface area contributed by atoms with Gasteiger partial charge in [-0.1, -0.05) is 35.5 Å². The first-order valence-electron chi connectivity index (χ1n) is 7.52. The van der Waals surface area contributed by atoms with Crippen LogP contribution in [0.2, 0.25) is 0 Å². The molecule has 23 heavy (non-hydrogen) atoms. The monoisotopic (exact) mass is 310 g/mol. The van der Waals surface area contributed by atoms with Gasteiger partial charge in [-0.2, -0.15) is 0 Å². The third kappa shape index (κ3) is 3.69. The lowest BCUT2D eigenvalue weighted by Crippen LogP contribution is -2.29. The van der Waals surface area contributed by atoms with Gasteiger partial charge in [0.25, 0.3) is 0 Å². The molecule has 0 saturated heterocycles. The Morgan fingerprint density at radius 1 is 1.17 bits per heavy atom. The first kappa shape index (κ1) is 15.1. The van der Waals surface area contributed by atoms with E-state index >= 15 is 0 Å². The van der Waals surface area contributed by atoms with Crippen LogP contribution in [-0.4, -0.2) is 24.2 Å². The number of ether oxygens (including phenoxy) is 1. The standard InChI is InChI=1S/C18H18N2O3/c1-13-6-2-4-8-16(13)22-11-10-19-18(21)12-15-14-7-3-5-9-17(14)23-20-15/h2-9H,10-12H2,1H3,(H,19,21). The van der Waals surface area contributed by atoms with Crippen molar-refractivity contribution in [2.75, 3.05) is 13.2 Å². The van der Waals surface area contributed by atoms with E-state index in [1.807, 2.05) is 55.5 Å². The molecule has 3 aromatic rings. The highest BCUT2D eigenvalue weighted by Gasteiger charge is 2.11. The van der Waals surface area contributed by atoms with E-state index in [9.17, 15) is 4.79 Å². The number of hydrogen-bond donors (Lipinski definition) is 1. The van der Waals surface area contributed by atoms with E-state index in [0.29, 0.717) is 24.4 Å². The average molecular weight is 310 g/mol. The van der Waals surface area contributed by atoms with Crippen molar-refractivity contribution < 1.29 is 14.1 Å². The van der Waals surface area contributed by atoms with Crippen LogP contribution in [0.15, 0.2) is 53.1 Å². The number of nitrogens with one attached hydrogen (secondary N) is 1. The molecule has 1 aromatic heterocycles. The van der Waals surface area contributed by atoms with Crippen molar-refractivity contribution in [3.05, 3.63) is 59.8 Å². The molecule has 118 valence electrons. The van der Waals surface area contributed by atoms with Gasteiger partial charge in [0.05, 0.1) is 13.0 Å². The van der Waals surface area contributed by atoms with Crippen LogP contribution < -0.4 is 10.1 Å². The highest BCUT2D eigenvalue weighted by molar-refractivity contribution is 5.86. The van der Waals surface area contributed by atoms with Crippen molar-refractivity contribution in [3.8, 4) is 5.75 Å². The van der Waals surface area contributed by atoms with Gasteiger partial charge in [0.2, 0.25) is 5.91 Å². The second-order valence-corrected chi connectivity index (χ2v) is 5.27. The maximum absolute atomic E-state index is 12.0. The SMILES string of the molecule is Cc1ccccc1OCCNC(=O)Cc1noc2ccccc12. The number of para-hydroxylation sites is 2. The summed E-state index contributed by atoms with van der Waals surface area (Å²) in [7, 11) is 0. The van der Waals surface area contributed by atoms with Crippen LogP contribution in [0.3, 0.4) is 0 Å².